The standard InChI is InChI=1S/C80H58N4O2.Pt/c1-48-19-16-20-49(2)76(48)54-41-67-61-27-10-8-25-59(61)60-26-9-11-28-62(60)68-40-53(52-33-36-74-66(39-52)65-30-13-15-32-73(65)86-74)43-72-79(68)83(78(67)69(42-54)77-50(3)21-17-22-51(77)4)47-82(72)56-23-18-24-57(45-56)85-58-34-35-64-63-29-12-14-31-70(63)84(71(64)46-58)75-44-55(37-38-81-75)80(5,6)7;/h8-44H,1-7H3;/q-2;/i1D3,2D3,3D3,4D3;. The number of nitrogens with zero attached hydrogens (tertiary/aromatic N) is 4. The number of aryl methyl sites for hydroxylation is 4. The van der Waals surface area contributed by atoms with Crippen LogP contribution in [0.3, 0.4) is 0 Å². The first-order valence-electron chi connectivity index (χ1n) is 34.5. The molecule has 11 aromatic carbocycles. The van der Waals surface area contributed by atoms with E-state index in [1.54, 1.807) is 18.2 Å². The maximum Gasteiger partial charge on any atom is 0.268 e. The number of pyridine rings is 1. The van der Waals surface area contributed by atoms with Crippen LogP contribution in [0, 0.1) is 45.9 Å². The molecule has 0 atom stereocenters. The molecule has 0 amide bonds. The second-order valence-corrected chi connectivity index (χ2v) is 23.0. The van der Waals surface area contributed by atoms with Gasteiger partial charge in [-0.3, -0.25) is 4.57 Å². The van der Waals surface area contributed by atoms with Crippen LogP contribution in [0.25, 0.3) is 139 Å². The predicted octanol–water partition coefficient (Wildman–Crippen LogP) is 20.3. The Balaban J connectivity index is 0.00000798. The third-order valence-electron chi connectivity index (χ3n) is 16.8. The van der Waals surface area contributed by atoms with Crippen LogP contribution in [-0.2, 0) is 26.5 Å². The van der Waals surface area contributed by atoms with Crippen LogP contribution in [0.15, 0.2) is 229 Å². The minimum Gasteiger partial charge on any atom is -0.510 e. The molecule has 0 bridgehead atoms. The summed E-state index contributed by atoms with van der Waals surface area (Å²) in [5.41, 5.74) is 10.2. The maximum absolute atomic E-state index is 9.21. The second kappa shape index (κ2) is 20.7. The SMILES string of the molecule is [2H]C([2H])([2H])c1cccc(C([2H])([2H])[2H])c1-c1cc2c(c(-c3c(C([2H])([2H])[2H])cccc3C([2H])([2H])[2H])c1)-[n+]1[c-]n(-c3[c-]c(Oc4[c-]c5c(cc4)c4ccccc4n5-c4cc(C(C)(C)C)ccn4)ccc3)c3cc(-c4ccc5oc6ccccc6c5c4)cc(c31)-c1ccccc1-c1ccccc1-2.[Pt]. The molecular weight excluding hydrogens is 1240 g/mol. The molecule has 15 aromatic rings. The fourth-order valence-electron chi connectivity index (χ4n) is 12.8. The number of fused-ring (bicyclic) bond motifs is 13. The van der Waals surface area contributed by atoms with Crippen molar-refractivity contribution in [2.75, 3.05) is 0 Å². The van der Waals surface area contributed by atoms with E-state index >= 15 is 0 Å². The molecule has 16 rings (SSSR count). The first kappa shape index (κ1) is 42.0. The molecule has 422 valence electrons. The summed E-state index contributed by atoms with van der Waals surface area (Å²) in [5, 5.41) is 3.81. The van der Waals surface area contributed by atoms with Crippen molar-refractivity contribution < 1.29 is 51.2 Å². The fraction of sp³-hybridized carbons (Fsp3) is 0.100. The molecule has 5 heterocycles. The molecule has 0 N–H and O–H groups in total. The summed E-state index contributed by atoms with van der Waals surface area (Å²) in [6.45, 7) is -5.12. The van der Waals surface area contributed by atoms with Crippen molar-refractivity contribution in [3.63, 3.8) is 0 Å². The molecule has 0 spiro atoms. The van der Waals surface area contributed by atoms with Gasteiger partial charge in [0.15, 0.2) is 0 Å². The average Bonchev–Trinajstić information content (AvgIpc) is 1.62. The number of aromatic nitrogens is 4. The van der Waals surface area contributed by atoms with E-state index in [1.807, 2.05) is 143 Å². The van der Waals surface area contributed by atoms with Gasteiger partial charge in [0.1, 0.15) is 17.0 Å². The van der Waals surface area contributed by atoms with Crippen LogP contribution in [0.1, 0.15) is 65.0 Å². The van der Waals surface area contributed by atoms with Gasteiger partial charge in [-0.1, -0.05) is 160 Å². The summed E-state index contributed by atoms with van der Waals surface area (Å²) in [6, 6.07) is 74.3. The number of hydrogen-bond donors (Lipinski definition) is 0. The van der Waals surface area contributed by atoms with Gasteiger partial charge in [-0.05, 0) is 193 Å². The Hall–Kier alpha value is -9.87. The molecule has 0 fully saturated rings. The van der Waals surface area contributed by atoms with Gasteiger partial charge in [0.2, 0.25) is 0 Å². The van der Waals surface area contributed by atoms with Gasteiger partial charge >= 0.3 is 0 Å². The average molecular weight is 1310 g/mol. The monoisotopic (exact) mass is 1310 g/mol. The minimum atomic E-state index is -2.95. The molecule has 1 aliphatic heterocycles. The quantitative estimate of drug-likeness (QED) is 0.118. The molecular formula is C80H58N4O2Pt-2. The van der Waals surface area contributed by atoms with Crippen LogP contribution in [0.4, 0.5) is 0 Å². The van der Waals surface area contributed by atoms with Gasteiger partial charge in [0.05, 0.1) is 16.7 Å². The third kappa shape index (κ3) is 8.79. The van der Waals surface area contributed by atoms with Crippen molar-refractivity contribution in [2.45, 2.75) is 53.6 Å². The number of benzene rings is 11. The molecule has 0 aliphatic carbocycles. The Kier molecular flexibility index (Phi) is 9.99. The van der Waals surface area contributed by atoms with Crippen LogP contribution in [0.2, 0.25) is 0 Å². The Bertz CT molecular complexity index is 5740. The van der Waals surface area contributed by atoms with E-state index in [0.29, 0.717) is 56.1 Å². The molecule has 87 heavy (non-hydrogen) atoms. The number of rotatable bonds is 7. The first-order valence-corrected chi connectivity index (χ1v) is 28.5. The molecule has 0 saturated heterocycles. The number of imidazole rings is 1. The largest absolute Gasteiger partial charge is 0.510 e. The van der Waals surface area contributed by atoms with Crippen LogP contribution < -0.4 is 9.30 Å². The topological polar surface area (TPSA) is 49.0 Å². The zero-order chi connectivity index (χ0) is 68.1. The molecule has 0 saturated carbocycles. The third-order valence-corrected chi connectivity index (χ3v) is 16.8. The van der Waals surface area contributed by atoms with Crippen molar-refractivity contribution >= 4 is 54.8 Å². The minimum absolute atomic E-state index is 0. The van der Waals surface area contributed by atoms with E-state index in [9.17, 15) is 8.22 Å². The van der Waals surface area contributed by atoms with Gasteiger partial charge < -0.3 is 18.3 Å². The number of para-hydroxylation sites is 2. The predicted molar refractivity (Wildman–Crippen MR) is 351 cm³/mol. The second-order valence-electron chi connectivity index (χ2n) is 23.0. The number of furan rings is 1. The molecule has 1 aliphatic rings. The van der Waals surface area contributed by atoms with E-state index in [0.717, 1.165) is 71.8 Å². The van der Waals surface area contributed by atoms with Gasteiger partial charge in [-0.15, -0.1) is 29.7 Å². The summed E-state index contributed by atoms with van der Waals surface area (Å²) < 4.78 is 128. The molecule has 7 heteroatoms. The smallest absolute Gasteiger partial charge is 0.268 e. The Morgan fingerprint density at radius 3 is 1.84 bits per heavy atom. The van der Waals surface area contributed by atoms with Crippen LogP contribution in [0.5, 0.6) is 11.5 Å². The Morgan fingerprint density at radius 1 is 0.483 bits per heavy atom. The number of hydrogen-bond acceptors (Lipinski definition) is 3. The van der Waals surface area contributed by atoms with Crippen LogP contribution in [-0.4, -0.2) is 14.1 Å². The summed E-state index contributed by atoms with van der Waals surface area (Å²) in [6.07, 6.45) is 5.60. The van der Waals surface area contributed by atoms with E-state index in [2.05, 4.69) is 80.2 Å². The van der Waals surface area contributed by atoms with E-state index in [1.165, 1.54) is 36.4 Å². The zero-order valence-corrected chi connectivity index (χ0v) is 49.6. The number of ether oxygens (including phenoxy) is 1. The van der Waals surface area contributed by atoms with Crippen molar-refractivity contribution in [1.29, 1.82) is 0 Å². The summed E-state index contributed by atoms with van der Waals surface area (Å²) in [5.74, 6) is 1.45. The van der Waals surface area contributed by atoms with Gasteiger partial charge in [-0.2, -0.15) is 18.2 Å². The zero-order valence-electron chi connectivity index (χ0n) is 59.3. The molecule has 4 aromatic heterocycles. The van der Waals surface area contributed by atoms with E-state index in [4.69, 9.17) is 22.4 Å². The molecule has 0 unspecified atom stereocenters. The molecule has 0 radical (unpaired) electrons. The summed E-state index contributed by atoms with van der Waals surface area (Å²) >= 11 is 0. The van der Waals surface area contributed by atoms with Gasteiger partial charge in [0.25, 0.3) is 6.33 Å². The van der Waals surface area contributed by atoms with E-state index < -0.39 is 27.4 Å². The Morgan fingerprint density at radius 2 is 1.10 bits per heavy atom. The van der Waals surface area contributed by atoms with Crippen molar-refractivity contribution in [3.8, 4) is 95.5 Å². The van der Waals surface area contributed by atoms with Gasteiger partial charge in [0, 0.05) is 71.5 Å². The Labute approximate surface area is 537 Å². The maximum atomic E-state index is 9.21. The molecule has 6 nitrogen and oxygen atoms in total. The van der Waals surface area contributed by atoms with Crippen molar-refractivity contribution in [3.05, 3.63) is 271 Å². The summed E-state index contributed by atoms with van der Waals surface area (Å²) in [7, 11) is 0. The normalized spacial score (nSPS) is 14.6. The van der Waals surface area contributed by atoms with Crippen molar-refractivity contribution in [1.82, 2.24) is 14.1 Å². The summed E-state index contributed by atoms with van der Waals surface area (Å²) in [4.78, 5) is 4.89. The van der Waals surface area contributed by atoms with Crippen molar-refractivity contribution in [2.24, 2.45) is 0 Å². The fourth-order valence-corrected chi connectivity index (χ4v) is 12.8. The van der Waals surface area contributed by atoms with Crippen LogP contribution >= 0.6 is 0 Å². The van der Waals surface area contributed by atoms with E-state index in [-0.39, 0.29) is 76.7 Å². The first-order chi connectivity index (χ1) is 46.8. The van der Waals surface area contributed by atoms with Gasteiger partial charge in [-0.25, -0.2) is 4.98 Å².